The van der Waals surface area contributed by atoms with E-state index < -0.39 is 0 Å². The summed E-state index contributed by atoms with van der Waals surface area (Å²) in [6, 6.07) is 23.2. The molecule has 3 N–H and O–H groups in total. The number of hydrogen-bond donors (Lipinski definition) is 3. The standard InChI is InChI=1S/C37H40ClN5O2S/c1-23-5-12-29(13-6-23)43-34(21-33(42-43)37(2,3)4)41-36(45)40-28-10-7-24(8-11-28)35(25-15-17-39-18-16-25)31(44)19-26-22-46-32-14-9-27(38)20-30(26)32/h5-14,20-22,25,35,39H,15-19H2,1-4H3,(H2,40,41,45). The van der Waals surface area contributed by atoms with E-state index in [4.69, 9.17) is 16.7 Å². The van der Waals surface area contributed by atoms with Crippen LogP contribution in [0.3, 0.4) is 0 Å². The van der Waals surface area contributed by atoms with Gasteiger partial charge in [-0.1, -0.05) is 62.2 Å². The maximum atomic E-state index is 14.0. The average molecular weight is 654 g/mol. The number of carbonyl (C=O) groups is 2. The molecule has 1 fully saturated rings. The fourth-order valence-corrected chi connectivity index (χ4v) is 7.27. The summed E-state index contributed by atoms with van der Waals surface area (Å²) in [6.07, 6.45) is 2.25. The molecular formula is C37H40ClN5O2S. The van der Waals surface area contributed by atoms with Crippen molar-refractivity contribution in [3.05, 3.63) is 106 Å². The number of rotatable bonds is 8. The first-order valence-electron chi connectivity index (χ1n) is 15.8. The van der Waals surface area contributed by atoms with Crippen LogP contribution in [0.1, 0.15) is 61.9 Å². The number of halogens is 1. The number of ketones is 1. The molecule has 0 saturated carbocycles. The number of aryl methyl sites for hydroxylation is 1. The van der Waals surface area contributed by atoms with Gasteiger partial charge in [-0.25, -0.2) is 9.48 Å². The number of fused-ring (bicyclic) bond motifs is 1. The van der Waals surface area contributed by atoms with E-state index in [0.29, 0.717) is 22.9 Å². The molecule has 1 unspecified atom stereocenters. The van der Waals surface area contributed by atoms with Gasteiger partial charge in [0.25, 0.3) is 0 Å². The quantitative estimate of drug-likeness (QED) is 0.156. The number of hydrogen-bond acceptors (Lipinski definition) is 5. The minimum Gasteiger partial charge on any atom is -0.317 e. The van der Waals surface area contributed by atoms with Gasteiger partial charge in [0.1, 0.15) is 11.6 Å². The molecule has 9 heteroatoms. The van der Waals surface area contributed by atoms with Gasteiger partial charge >= 0.3 is 6.03 Å². The van der Waals surface area contributed by atoms with Crippen molar-refractivity contribution in [2.45, 2.75) is 58.3 Å². The third-order valence-corrected chi connectivity index (χ3v) is 9.96. The topological polar surface area (TPSA) is 88.1 Å². The van der Waals surface area contributed by atoms with E-state index in [9.17, 15) is 9.59 Å². The van der Waals surface area contributed by atoms with E-state index in [1.807, 2.05) is 79.7 Å². The highest BCUT2D eigenvalue weighted by atomic mass is 35.5. The second kappa shape index (κ2) is 13.4. The van der Waals surface area contributed by atoms with Gasteiger partial charge in [0, 0.05) is 39.2 Å². The highest BCUT2D eigenvalue weighted by Crippen LogP contribution is 2.36. The monoisotopic (exact) mass is 653 g/mol. The lowest BCUT2D eigenvalue weighted by molar-refractivity contribution is -0.121. The largest absolute Gasteiger partial charge is 0.324 e. The number of nitrogens with one attached hydrogen (secondary N) is 3. The molecule has 2 amide bonds. The van der Waals surface area contributed by atoms with Crippen molar-refractivity contribution in [1.29, 1.82) is 0 Å². The average Bonchev–Trinajstić information content (AvgIpc) is 3.63. The molecule has 3 aromatic carbocycles. The summed E-state index contributed by atoms with van der Waals surface area (Å²) >= 11 is 7.94. The first kappa shape index (κ1) is 32.0. The second-order valence-electron chi connectivity index (χ2n) is 13.2. The smallest absolute Gasteiger partial charge is 0.317 e. The van der Waals surface area contributed by atoms with Crippen LogP contribution in [-0.4, -0.2) is 34.7 Å². The first-order valence-corrected chi connectivity index (χ1v) is 17.1. The normalized spacial score (nSPS) is 14.7. The summed E-state index contributed by atoms with van der Waals surface area (Å²) in [4.78, 5) is 27.2. The number of Topliss-reactive ketones (excluding diaryl/α,β-unsaturated/α-hetero) is 1. The second-order valence-corrected chi connectivity index (χ2v) is 14.6. The minimum absolute atomic E-state index is 0.190. The molecule has 46 heavy (non-hydrogen) atoms. The van der Waals surface area contributed by atoms with Crippen LogP contribution in [0.2, 0.25) is 5.02 Å². The predicted octanol–water partition coefficient (Wildman–Crippen LogP) is 8.89. The van der Waals surface area contributed by atoms with Crippen molar-refractivity contribution >= 4 is 56.3 Å². The van der Waals surface area contributed by atoms with E-state index in [-0.39, 0.29) is 29.1 Å². The molecule has 7 nitrogen and oxygen atoms in total. The van der Waals surface area contributed by atoms with Crippen LogP contribution in [0.5, 0.6) is 0 Å². The molecule has 3 heterocycles. The summed E-state index contributed by atoms with van der Waals surface area (Å²) in [6.45, 7) is 10.1. The molecule has 2 aromatic heterocycles. The maximum Gasteiger partial charge on any atom is 0.324 e. The van der Waals surface area contributed by atoms with Crippen molar-refractivity contribution in [1.82, 2.24) is 15.1 Å². The Balaban J connectivity index is 1.20. The Morgan fingerprint density at radius 1 is 1.00 bits per heavy atom. The maximum absolute atomic E-state index is 14.0. The zero-order valence-electron chi connectivity index (χ0n) is 26.7. The first-order chi connectivity index (χ1) is 22.0. The lowest BCUT2D eigenvalue weighted by atomic mass is 9.76. The molecule has 5 aromatic rings. The summed E-state index contributed by atoms with van der Waals surface area (Å²) in [7, 11) is 0. The van der Waals surface area contributed by atoms with E-state index in [0.717, 1.165) is 64.1 Å². The zero-order chi connectivity index (χ0) is 32.4. The van der Waals surface area contributed by atoms with Gasteiger partial charge in [-0.15, -0.1) is 11.3 Å². The molecule has 1 aliphatic rings. The predicted molar refractivity (Wildman–Crippen MR) is 190 cm³/mol. The van der Waals surface area contributed by atoms with Crippen LogP contribution in [-0.2, 0) is 16.6 Å². The molecule has 0 aliphatic carbocycles. The number of carbonyl (C=O) groups excluding carboxylic acids is 2. The summed E-state index contributed by atoms with van der Waals surface area (Å²) in [5.41, 5.74) is 5.36. The van der Waals surface area contributed by atoms with Gasteiger partial charge in [0.05, 0.1) is 11.4 Å². The van der Waals surface area contributed by atoms with Crippen molar-refractivity contribution in [2.24, 2.45) is 5.92 Å². The third-order valence-electron chi connectivity index (χ3n) is 8.71. The molecule has 6 rings (SSSR count). The van der Waals surface area contributed by atoms with Gasteiger partial charge in [0.15, 0.2) is 0 Å². The number of urea groups is 1. The highest BCUT2D eigenvalue weighted by Gasteiger charge is 2.31. The minimum atomic E-state index is -0.365. The van der Waals surface area contributed by atoms with Gasteiger partial charge in [-0.3, -0.25) is 10.1 Å². The number of nitrogens with zero attached hydrogens (tertiary/aromatic N) is 2. The van der Waals surface area contributed by atoms with Gasteiger partial charge in [0.2, 0.25) is 0 Å². The number of anilines is 2. The Morgan fingerprint density at radius 3 is 2.41 bits per heavy atom. The van der Waals surface area contributed by atoms with Crippen LogP contribution in [0.4, 0.5) is 16.3 Å². The van der Waals surface area contributed by atoms with Crippen LogP contribution in [0.25, 0.3) is 15.8 Å². The van der Waals surface area contributed by atoms with E-state index in [1.165, 1.54) is 0 Å². The molecule has 1 saturated heterocycles. The van der Waals surface area contributed by atoms with Gasteiger partial charge in [-0.05, 0) is 103 Å². The van der Waals surface area contributed by atoms with Crippen LogP contribution in [0.15, 0.2) is 78.2 Å². The van der Waals surface area contributed by atoms with Gasteiger partial charge in [-0.2, -0.15) is 5.10 Å². The molecule has 0 radical (unpaired) electrons. The number of thiophene rings is 1. The van der Waals surface area contributed by atoms with Crippen molar-refractivity contribution in [3.8, 4) is 5.69 Å². The SMILES string of the molecule is Cc1ccc(-n2nc(C(C)(C)C)cc2NC(=O)Nc2ccc(C(C(=O)Cc3csc4ccc(Cl)cc34)C3CCNCC3)cc2)cc1. The third kappa shape index (κ3) is 7.20. The lowest BCUT2D eigenvalue weighted by Gasteiger charge is -2.30. The van der Waals surface area contributed by atoms with Crippen LogP contribution < -0.4 is 16.0 Å². The summed E-state index contributed by atoms with van der Waals surface area (Å²) in [5.74, 6) is 0.827. The van der Waals surface area contributed by atoms with Crippen LogP contribution in [0, 0.1) is 12.8 Å². The number of benzene rings is 3. The number of piperidine rings is 1. The molecular weight excluding hydrogens is 614 g/mol. The fraction of sp³-hybridized carbons (Fsp3) is 0.324. The Bertz CT molecular complexity index is 1850. The Morgan fingerprint density at radius 2 is 1.72 bits per heavy atom. The van der Waals surface area contributed by atoms with Crippen molar-refractivity contribution in [3.63, 3.8) is 0 Å². The Hall–Kier alpha value is -3.98. The zero-order valence-corrected chi connectivity index (χ0v) is 28.3. The van der Waals surface area contributed by atoms with Crippen LogP contribution >= 0.6 is 22.9 Å². The fourth-order valence-electron chi connectivity index (χ4n) is 6.16. The molecule has 1 aliphatic heterocycles. The van der Waals surface area contributed by atoms with E-state index in [1.54, 1.807) is 16.0 Å². The summed E-state index contributed by atoms with van der Waals surface area (Å²) < 4.78 is 2.90. The number of aromatic nitrogens is 2. The Labute approximate surface area is 279 Å². The molecule has 1 atom stereocenters. The van der Waals surface area contributed by atoms with Crippen molar-refractivity contribution in [2.75, 3.05) is 23.7 Å². The van der Waals surface area contributed by atoms with E-state index in [2.05, 4.69) is 42.1 Å². The highest BCUT2D eigenvalue weighted by molar-refractivity contribution is 7.17. The van der Waals surface area contributed by atoms with Crippen molar-refractivity contribution < 1.29 is 9.59 Å². The van der Waals surface area contributed by atoms with E-state index >= 15 is 0 Å². The summed E-state index contributed by atoms with van der Waals surface area (Å²) in [5, 5.41) is 18.0. The number of amides is 2. The lowest BCUT2D eigenvalue weighted by Crippen LogP contribution is -2.34. The molecule has 0 bridgehead atoms. The molecule has 238 valence electrons. The van der Waals surface area contributed by atoms with Gasteiger partial charge < -0.3 is 10.6 Å². The molecule has 0 spiro atoms. The Kier molecular flexibility index (Phi) is 9.32.